The SMILES string of the molecule is CC1CN(C(=O)OC(C)(C)C)CC(=O)N1c1ccc2c(-c3ccc(OCc4ccccc4)nc3OCc3ccccc3)nn(C)c2c1. The van der Waals surface area contributed by atoms with Gasteiger partial charge < -0.3 is 19.1 Å². The normalized spacial score (nSPS) is 15.2. The maximum atomic E-state index is 13.4. The number of carbonyl (C=O) groups excluding carboxylic acids is 2. The first-order valence-corrected chi connectivity index (χ1v) is 15.7. The van der Waals surface area contributed by atoms with E-state index >= 15 is 0 Å². The van der Waals surface area contributed by atoms with Gasteiger partial charge in [0.15, 0.2) is 0 Å². The third kappa shape index (κ3) is 7.22. The Hall–Kier alpha value is -5.38. The molecule has 1 saturated heterocycles. The first-order valence-electron chi connectivity index (χ1n) is 15.7. The minimum absolute atomic E-state index is 0.0552. The predicted octanol–water partition coefficient (Wildman–Crippen LogP) is 6.77. The maximum Gasteiger partial charge on any atom is 0.410 e. The largest absolute Gasteiger partial charge is 0.473 e. The molecule has 1 aliphatic rings. The molecule has 0 radical (unpaired) electrons. The highest BCUT2D eigenvalue weighted by Gasteiger charge is 2.35. The molecule has 0 saturated carbocycles. The molecule has 0 bridgehead atoms. The van der Waals surface area contributed by atoms with Crippen LogP contribution in [0.2, 0.25) is 0 Å². The average molecular weight is 634 g/mol. The minimum Gasteiger partial charge on any atom is -0.473 e. The molecule has 0 aliphatic carbocycles. The summed E-state index contributed by atoms with van der Waals surface area (Å²) in [6.45, 7) is 8.38. The van der Waals surface area contributed by atoms with Crippen molar-refractivity contribution in [3.8, 4) is 23.0 Å². The van der Waals surface area contributed by atoms with Crippen molar-refractivity contribution in [3.05, 3.63) is 102 Å². The smallest absolute Gasteiger partial charge is 0.410 e. The standard InChI is InChI=1S/C37H39N5O5/c1-25-21-41(36(44)47-37(2,3)4)22-33(43)42(25)28-16-17-29-31(20-28)40(5)39-34(29)30-18-19-32(45-23-26-12-8-6-9-13-26)38-35(30)46-24-27-14-10-7-11-15-27/h6-20,25H,21-24H2,1-5H3. The molecule has 10 heteroatoms. The lowest BCUT2D eigenvalue weighted by Crippen LogP contribution is -2.57. The molecular formula is C37H39N5O5. The molecule has 0 N–H and O–H groups in total. The summed E-state index contributed by atoms with van der Waals surface area (Å²) >= 11 is 0. The fourth-order valence-electron chi connectivity index (χ4n) is 5.66. The van der Waals surface area contributed by atoms with Crippen LogP contribution in [0.4, 0.5) is 10.5 Å². The number of ether oxygens (including phenoxy) is 3. The third-order valence-electron chi connectivity index (χ3n) is 7.82. The quantitative estimate of drug-likeness (QED) is 0.186. The summed E-state index contributed by atoms with van der Waals surface area (Å²) in [7, 11) is 1.87. The van der Waals surface area contributed by atoms with Crippen LogP contribution in [0, 0.1) is 0 Å². The van der Waals surface area contributed by atoms with Gasteiger partial charge in [0.2, 0.25) is 17.7 Å². The minimum atomic E-state index is -0.639. The highest BCUT2D eigenvalue weighted by molar-refractivity contribution is 6.01. The zero-order valence-electron chi connectivity index (χ0n) is 27.3. The fourth-order valence-corrected chi connectivity index (χ4v) is 5.66. The van der Waals surface area contributed by atoms with Gasteiger partial charge in [-0.3, -0.25) is 14.4 Å². The van der Waals surface area contributed by atoms with E-state index in [4.69, 9.17) is 24.3 Å². The Bertz CT molecular complexity index is 1880. The number of aromatic nitrogens is 3. The van der Waals surface area contributed by atoms with E-state index in [1.807, 2.05) is 126 Å². The van der Waals surface area contributed by atoms with Gasteiger partial charge in [-0.05, 0) is 63.1 Å². The molecule has 1 fully saturated rings. The van der Waals surface area contributed by atoms with Gasteiger partial charge in [0.1, 0.15) is 31.1 Å². The number of carbonyl (C=O) groups is 2. The first kappa shape index (κ1) is 31.6. The summed E-state index contributed by atoms with van der Waals surface area (Å²) in [6.07, 6.45) is -0.487. The zero-order chi connectivity index (χ0) is 33.1. The molecule has 6 rings (SSSR count). The predicted molar refractivity (Wildman–Crippen MR) is 180 cm³/mol. The number of pyridine rings is 1. The molecule has 1 atom stereocenters. The Labute approximate surface area is 274 Å². The van der Waals surface area contributed by atoms with Gasteiger partial charge in [-0.15, -0.1) is 0 Å². The molecule has 3 heterocycles. The number of rotatable bonds is 8. The molecule has 10 nitrogen and oxygen atoms in total. The second kappa shape index (κ2) is 13.2. The van der Waals surface area contributed by atoms with Crippen LogP contribution >= 0.6 is 0 Å². The fraction of sp³-hybridized carbons (Fsp3) is 0.297. The number of hydrogen-bond donors (Lipinski definition) is 0. The summed E-state index contributed by atoms with van der Waals surface area (Å²) in [6, 6.07) is 29.2. The number of amides is 2. The lowest BCUT2D eigenvalue weighted by molar-refractivity contribution is -0.122. The molecule has 2 amide bonds. The van der Waals surface area contributed by atoms with Crippen LogP contribution in [0.3, 0.4) is 0 Å². The molecule has 5 aromatic rings. The number of anilines is 1. The van der Waals surface area contributed by atoms with Crippen molar-refractivity contribution in [2.24, 2.45) is 7.05 Å². The molecule has 2 aromatic heterocycles. The van der Waals surface area contributed by atoms with Gasteiger partial charge in [0, 0.05) is 30.7 Å². The van der Waals surface area contributed by atoms with Gasteiger partial charge in [-0.2, -0.15) is 10.1 Å². The maximum absolute atomic E-state index is 13.4. The van der Waals surface area contributed by atoms with E-state index in [-0.39, 0.29) is 18.5 Å². The molecule has 1 aliphatic heterocycles. The molecule has 242 valence electrons. The zero-order valence-corrected chi connectivity index (χ0v) is 27.3. The van der Waals surface area contributed by atoms with E-state index in [0.717, 1.165) is 33.3 Å². The Balaban J connectivity index is 1.29. The van der Waals surface area contributed by atoms with E-state index in [0.29, 0.717) is 37.2 Å². The summed E-state index contributed by atoms with van der Waals surface area (Å²) in [5, 5.41) is 5.76. The third-order valence-corrected chi connectivity index (χ3v) is 7.82. The Morgan fingerprint density at radius 1 is 0.894 bits per heavy atom. The van der Waals surface area contributed by atoms with E-state index in [9.17, 15) is 9.59 Å². The lowest BCUT2D eigenvalue weighted by atomic mass is 10.1. The molecule has 1 unspecified atom stereocenters. The second-order valence-corrected chi connectivity index (χ2v) is 12.7. The highest BCUT2D eigenvalue weighted by Crippen LogP contribution is 2.37. The van der Waals surface area contributed by atoms with Crippen molar-refractivity contribution in [2.45, 2.75) is 52.6 Å². The average Bonchev–Trinajstić information content (AvgIpc) is 3.38. The summed E-state index contributed by atoms with van der Waals surface area (Å²) in [5.41, 5.74) is 4.41. The molecular weight excluding hydrogens is 594 g/mol. The topological polar surface area (TPSA) is 99.0 Å². The summed E-state index contributed by atoms with van der Waals surface area (Å²) in [4.78, 5) is 34.0. The monoisotopic (exact) mass is 633 g/mol. The second-order valence-electron chi connectivity index (χ2n) is 12.7. The van der Waals surface area contributed by atoms with Crippen LogP contribution in [-0.4, -0.2) is 56.4 Å². The number of piperazine rings is 1. The van der Waals surface area contributed by atoms with E-state index in [1.54, 1.807) is 9.58 Å². The number of hydrogen-bond acceptors (Lipinski definition) is 7. The Kier molecular flexibility index (Phi) is 8.84. The van der Waals surface area contributed by atoms with E-state index < -0.39 is 11.7 Å². The van der Waals surface area contributed by atoms with Crippen LogP contribution in [0.1, 0.15) is 38.8 Å². The van der Waals surface area contributed by atoms with Crippen LogP contribution < -0.4 is 14.4 Å². The van der Waals surface area contributed by atoms with Crippen molar-refractivity contribution in [2.75, 3.05) is 18.0 Å². The van der Waals surface area contributed by atoms with Crippen molar-refractivity contribution in [1.82, 2.24) is 19.7 Å². The molecule has 0 spiro atoms. The van der Waals surface area contributed by atoms with Crippen molar-refractivity contribution in [3.63, 3.8) is 0 Å². The highest BCUT2D eigenvalue weighted by atomic mass is 16.6. The number of aryl methyl sites for hydroxylation is 1. The Morgan fingerprint density at radius 2 is 1.55 bits per heavy atom. The van der Waals surface area contributed by atoms with Gasteiger partial charge >= 0.3 is 6.09 Å². The van der Waals surface area contributed by atoms with Gasteiger partial charge in [-0.25, -0.2) is 4.79 Å². The molecule has 47 heavy (non-hydrogen) atoms. The lowest BCUT2D eigenvalue weighted by Gasteiger charge is -2.39. The van der Waals surface area contributed by atoms with Gasteiger partial charge in [0.05, 0.1) is 17.1 Å². The summed E-state index contributed by atoms with van der Waals surface area (Å²) < 4.78 is 19.6. The van der Waals surface area contributed by atoms with Gasteiger partial charge in [-0.1, -0.05) is 60.7 Å². The first-order chi connectivity index (χ1) is 22.6. The molecule has 3 aromatic carbocycles. The van der Waals surface area contributed by atoms with Crippen molar-refractivity contribution in [1.29, 1.82) is 0 Å². The number of benzene rings is 3. The Morgan fingerprint density at radius 3 is 2.19 bits per heavy atom. The van der Waals surface area contributed by atoms with E-state index in [1.165, 1.54) is 4.90 Å². The number of fused-ring (bicyclic) bond motifs is 1. The van der Waals surface area contributed by atoms with Crippen LogP contribution in [0.15, 0.2) is 91.0 Å². The van der Waals surface area contributed by atoms with Crippen LogP contribution in [0.25, 0.3) is 22.2 Å². The number of nitrogens with zero attached hydrogens (tertiary/aromatic N) is 5. The van der Waals surface area contributed by atoms with Crippen molar-refractivity contribution >= 4 is 28.6 Å². The van der Waals surface area contributed by atoms with Crippen LogP contribution in [0.5, 0.6) is 11.8 Å². The van der Waals surface area contributed by atoms with Crippen molar-refractivity contribution < 1.29 is 23.8 Å². The van der Waals surface area contributed by atoms with Gasteiger partial charge in [0.25, 0.3) is 0 Å². The van der Waals surface area contributed by atoms with E-state index in [2.05, 4.69) is 0 Å². The summed E-state index contributed by atoms with van der Waals surface area (Å²) in [5.74, 6) is 0.676. The van der Waals surface area contributed by atoms with Crippen LogP contribution in [-0.2, 0) is 29.8 Å².